The first-order valence-corrected chi connectivity index (χ1v) is 10.7. The van der Waals surface area contributed by atoms with Crippen molar-refractivity contribution >= 4 is 38.6 Å². The van der Waals surface area contributed by atoms with E-state index in [1.54, 1.807) is 18.3 Å². The summed E-state index contributed by atoms with van der Waals surface area (Å²) in [6.45, 7) is 0. The van der Waals surface area contributed by atoms with Gasteiger partial charge in [0, 0.05) is 34.9 Å². The molecule has 0 aliphatic rings. The van der Waals surface area contributed by atoms with Gasteiger partial charge < -0.3 is 14.5 Å². The number of aromatic nitrogens is 3. The molecule has 0 fully saturated rings. The molecule has 0 saturated carbocycles. The van der Waals surface area contributed by atoms with Crippen molar-refractivity contribution in [1.82, 2.24) is 15.0 Å². The van der Waals surface area contributed by atoms with E-state index in [4.69, 9.17) is 9.47 Å². The number of hydrogen-bond donors (Lipinski definition) is 2. The van der Waals surface area contributed by atoms with Gasteiger partial charge in [-0.25, -0.2) is 8.42 Å². The minimum atomic E-state index is -3.88. The summed E-state index contributed by atoms with van der Waals surface area (Å²) in [5, 5.41) is 1.06. The van der Waals surface area contributed by atoms with Crippen molar-refractivity contribution in [2.24, 2.45) is 4.99 Å². The summed E-state index contributed by atoms with van der Waals surface area (Å²) in [7, 11) is -1.09. The number of anilines is 1. The second kappa shape index (κ2) is 8.44. The molecule has 4 aromatic rings. The first kappa shape index (κ1) is 20.4. The highest BCUT2D eigenvalue weighted by Gasteiger charge is 2.16. The Morgan fingerprint density at radius 2 is 1.81 bits per heavy atom. The van der Waals surface area contributed by atoms with E-state index in [-0.39, 0.29) is 22.6 Å². The number of aromatic amines is 1. The molecule has 2 N–H and O–H groups in total. The molecule has 158 valence electrons. The lowest BCUT2D eigenvalue weighted by atomic mass is 10.2. The van der Waals surface area contributed by atoms with E-state index >= 15 is 0 Å². The van der Waals surface area contributed by atoms with Gasteiger partial charge in [-0.2, -0.15) is 9.97 Å². The zero-order valence-corrected chi connectivity index (χ0v) is 17.6. The predicted octanol–water partition coefficient (Wildman–Crippen LogP) is 3.53. The van der Waals surface area contributed by atoms with Crippen molar-refractivity contribution < 1.29 is 17.9 Å². The third-order valence-corrected chi connectivity index (χ3v) is 5.80. The van der Waals surface area contributed by atoms with Crippen LogP contribution in [0, 0.1) is 0 Å². The van der Waals surface area contributed by atoms with E-state index in [0.29, 0.717) is 5.69 Å². The Morgan fingerprint density at radius 1 is 1.03 bits per heavy atom. The largest absolute Gasteiger partial charge is 0.481 e. The number of ether oxygens (including phenoxy) is 2. The first-order valence-electron chi connectivity index (χ1n) is 9.18. The minimum Gasteiger partial charge on any atom is -0.481 e. The van der Waals surface area contributed by atoms with Crippen LogP contribution >= 0.6 is 0 Å². The fourth-order valence-corrected chi connectivity index (χ4v) is 3.90. The molecule has 0 spiro atoms. The number of nitrogens with zero attached hydrogens (tertiary/aromatic N) is 3. The molecule has 0 aliphatic carbocycles. The molecule has 10 heteroatoms. The second-order valence-electron chi connectivity index (χ2n) is 6.43. The summed E-state index contributed by atoms with van der Waals surface area (Å²) in [5.41, 5.74) is 2.59. The van der Waals surface area contributed by atoms with Gasteiger partial charge in [-0.1, -0.05) is 18.2 Å². The third-order valence-electron chi connectivity index (χ3n) is 4.43. The van der Waals surface area contributed by atoms with Gasteiger partial charge >= 0.3 is 6.01 Å². The summed E-state index contributed by atoms with van der Waals surface area (Å²) in [4.78, 5) is 15.6. The molecule has 0 unspecified atom stereocenters. The van der Waals surface area contributed by atoms with E-state index in [2.05, 4.69) is 24.7 Å². The molecule has 0 bridgehead atoms. The average Bonchev–Trinajstić information content (AvgIpc) is 3.20. The van der Waals surface area contributed by atoms with Crippen LogP contribution in [0.15, 0.2) is 70.7 Å². The number of aliphatic imine (C=N–C) groups is 1. The Morgan fingerprint density at radius 3 is 2.55 bits per heavy atom. The third kappa shape index (κ3) is 4.48. The fourth-order valence-electron chi connectivity index (χ4n) is 2.90. The smallest absolute Gasteiger partial charge is 0.321 e. The molecule has 0 atom stereocenters. The second-order valence-corrected chi connectivity index (χ2v) is 8.11. The summed E-state index contributed by atoms with van der Waals surface area (Å²) in [6.07, 6.45) is 3.61. The Hall–Kier alpha value is -3.92. The lowest BCUT2D eigenvalue weighted by Gasteiger charge is -2.09. The lowest BCUT2D eigenvalue weighted by molar-refractivity contribution is 0.353. The monoisotopic (exact) mass is 437 g/mol. The van der Waals surface area contributed by atoms with E-state index < -0.39 is 10.0 Å². The number of H-pyrrole nitrogens is 1. The van der Waals surface area contributed by atoms with Gasteiger partial charge in [0.1, 0.15) is 0 Å². The SMILES string of the molecule is COc1cc(NS(=O)(=O)c2ccc(N=Cc3c[nH]c4ccccc34)cc2)nc(OC)n1. The zero-order valence-electron chi connectivity index (χ0n) is 16.7. The van der Waals surface area contributed by atoms with E-state index in [1.165, 1.54) is 32.4 Å². The maximum Gasteiger partial charge on any atom is 0.321 e. The van der Waals surface area contributed by atoms with Crippen LogP contribution in [-0.2, 0) is 10.0 Å². The van der Waals surface area contributed by atoms with Crippen LogP contribution in [0.25, 0.3) is 10.9 Å². The van der Waals surface area contributed by atoms with Crippen LogP contribution < -0.4 is 14.2 Å². The summed E-state index contributed by atoms with van der Waals surface area (Å²) in [6, 6.07) is 15.5. The van der Waals surface area contributed by atoms with Gasteiger partial charge in [-0.05, 0) is 30.3 Å². The topological polar surface area (TPSA) is 119 Å². The van der Waals surface area contributed by atoms with Crippen LogP contribution in [-0.4, -0.2) is 43.8 Å². The molecule has 9 nitrogen and oxygen atoms in total. The maximum atomic E-state index is 12.7. The normalized spacial score (nSPS) is 11.7. The molecule has 2 aromatic heterocycles. The first-order chi connectivity index (χ1) is 15.0. The predicted molar refractivity (Wildman–Crippen MR) is 118 cm³/mol. The van der Waals surface area contributed by atoms with Crippen molar-refractivity contribution in [1.29, 1.82) is 0 Å². The Balaban J connectivity index is 1.53. The molecule has 2 heterocycles. The molecule has 4 rings (SSSR count). The number of fused-ring (bicyclic) bond motifs is 1. The van der Waals surface area contributed by atoms with Crippen molar-refractivity contribution in [3.05, 3.63) is 66.4 Å². The minimum absolute atomic E-state index is 0.0148. The summed E-state index contributed by atoms with van der Waals surface area (Å²) >= 11 is 0. The molecule has 31 heavy (non-hydrogen) atoms. The molecule has 0 saturated heterocycles. The summed E-state index contributed by atoms with van der Waals surface area (Å²) < 4.78 is 37.8. The average molecular weight is 437 g/mol. The fraction of sp³-hybridized carbons (Fsp3) is 0.0952. The highest BCUT2D eigenvalue weighted by atomic mass is 32.2. The molecular formula is C21H19N5O4S. The van der Waals surface area contributed by atoms with Gasteiger partial charge in [-0.15, -0.1) is 0 Å². The maximum absolute atomic E-state index is 12.7. The Bertz CT molecular complexity index is 1330. The van der Waals surface area contributed by atoms with Crippen molar-refractivity contribution in [2.75, 3.05) is 18.9 Å². The highest BCUT2D eigenvalue weighted by Crippen LogP contribution is 2.23. The van der Waals surface area contributed by atoms with Crippen LogP contribution in [0.4, 0.5) is 11.5 Å². The van der Waals surface area contributed by atoms with Gasteiger partial charge in [-0.3, -0.25) is 9.71 Å². The van der Waals surface area contributed by atoms with Crippen LogP contribution in [0.5, 0.6) is 11.9 Å². The number of hydrogen-bond acceptors (Lipinski definition) is 7. The quantitative estimate of drug-likeness (QED) is 0.427. The molecule has 2 aromatic carbocycles. The number of rotatable bonds is 7. The number of methoxy groups -OCH3 is 2. The van der Waals surface area contributed by atoms with Crippen molar-refractivity contribution in [2.45, 2.75) is 4.90 Å². The Labute approximate surface area is 178 Å². The molecule has 0 amide bonds. The van der Waals surface area contributed by atoms with Gasteiger partial charge in [0.05, 0.1) is 24.8 Å². The summed E-state index contributed by atoms with van der Waals surface area (Å²) in [5.74, 6) is 0.205. The molecular weight excluding hydrogens is 418 g/mol. The highest BCUT2D eigenvalue weighted by molar-refractivity contribution is 7.92. The van der Waals surface area contributed by atoms with Gasteiger partial charge in [0.25, 0.3) is 10.0 Å². The van der Waals surface area contributed by atoms with E-state index in [9.17, 15) is 8.42 Å². The number of sulfonamides is 1. The zero-order chi connectivity index (χ0) is 21.8. The number of nitrogens with one attached hydrogen (secondary N) is 2. The standard InChI is InChI=1S/C21H19N5O4S/c1-29-20-11-19(24-21(25-20)30-2)26-31(27,28)16-9-7-15(8-10-16)22-12-14-13-23-18-6-4-3-5-17(14)18/h3-13,23H,1-2H3,(H,24,25,26). The van der Waals surface area contributed by atoms with E-state index in [1.807, 2.05) is 30.5 Å². The van der Waals surface area contributed by atoms with Crippen molar-refractivity contribution in [3.63, 3.8) is 0 Å². The van der Waals surface area contributed by atoms with Crippen molar-refractivity contribution in [3.8, 4) is 11.9 Å². The van der Waals surface area contributed by atoms with Crippen LogP contribution in [0.2, 0.25) is 0 Å². The Kier molecular flexibility index (Phi) is 5.54. The lowest BCUT2D eigenvalue weighted by Crippen LogP contribution is -2.14. The van der Waals surface area contributed by atoms with Gasteiger partial charge in [0.15, 0.2) is 5.82 Å². The number of para-hydroxylation sites is 1. The van der Waals surface area contributed by atoms with Gasteiger partial charge in [0.2, 0.25) is 5.88 Å². The van der Waals surface area contributed by atoms with Crippen LogP contribution in [0.1, 0.15) is 5.56 Å². The molecule has 0 aliphatic heterocycles. The molecule has 0 radical (unpaired) electrons. The van der Waals surface area contributed by atoms with Crippen LogP contribution in [0.3, 0.4) is 0 Å². The number of benzene rings is 2. The van der Waals surface area contributed by atoms with E-state index in [0.717, 1.165) is 16.5 Å².